The fourth-order valence-corrected chi connectivity index (χ4v) is 5.57. The van der Waals surface area contributed by atoms with E-state index >= 15 is 0 Å². The summed E-state index contributed by atoms with van der Waals surface area (Å²) in [4.78, 5) is 86.5. The molecule has 21 nitrogen and oxygen atoms in total. The molecular formula is C39H55N7O14S. The number of Topliss-reactive ketones (excluding diaryl/α,β-unsaturated/α-hetero) is 2. The maximum Gasteiger partial charge on any atom is 0.326 e. The van der Waals surface area contributed by atoms with Crippen molar-refractivity contribution in [3.8, 4) is 0 Å². The number of benzene rings is 1. The Morgan fingerprint density at radius 1 is 0.738 bits per heavy atom. The number of carbonyl (C=O) groups excluding carboxylic acids is 3. The van der Waals surface area contributed by atoms with Crippen molar-refractivity contribution in [1.82, 2.24) is 25.3 Å². The third-order valence-corrected chi connectivity index (χ3v) is 9.04. The first-order valence-corrected chi connectivity index (χ1v) is 20.3. The Morgan fingerprint density at radius 3 is 1.87 bits per heavy atom. The summed E-state index contributed by atoms with van der Waals surface area (Å²) in [6.45, 7) is 4.39. The lowest BCUT2D eigenvalue weighted by molar-refractivity contribution is -0.143. The van der Waals surface area contributed by atoms with Crippen LogP contribution in [0, 0.1) is 5.92 Å². The van der Waals surface area contributed by atoms with Crippen LogP contribution in [0.3, 0.4) is 0 Å². The molecule has 0 saturated heterocycles. The second kappa shape index (κ2) is 29.2. The van der Waals surface area contributed by atoms with Gasteiger partial charge < -0.3 is 55.0 Å². The van der Waals surface area contributed by atoms with E-state index in [1.165, 1.54) is 18.3 Å². The zero-order valence-electron chi connectivity index (χ0n) is 33.8. The first-order chi connectivity index (χ1) is 29.5. The van der Waals surface area contributed by atoms with Gasteiger partial charge in [0.15, 0.2) is 11.2 Å². The van der Waals surface area contributed by atoms with Crippen molar-refractivity contribution in [2.45, 2.75) is 51.1 Å². The van der Waals surface area contributed by atoms with Crippen molar-refractivity contribution in [2.75, 3.05) is 96.1 Å². The topological polar surface area (TPSA) is 303 Å². The normalized spacial score (nSPS) is 12.2. The first kappa shape index (κ1) is 50.3. The Morgan fingerprint density at radius 2 is 1.31 bits per heavy atom. The minimum absolute atomic E-state index is 0.0196. The Balaban J connectivity index is 1.12. The second-order valence-electron chi connectivity index (χ2n) is 13.3. The molecule has 2 atom stereocenters. The lowest BCUT2D eigenvalue weighted by atomic mass is 10.0. The number of ketones is 2. The van der Waals surface area contributed by atoms with E-state index in [-0.39, 0.29) is 85.3 Å². The van der Waals surface area contributed by atoms with Crippen LogP contribution in [0.2, 0.25) is 0 Å². The predicted molar refractivity (Wildman–Crippen MR) is 223 cm³/mol. The summed E-state index contributed by atoms with van der Waals surface area (Å²) in [5.41, 5.74) is 6.53. The molecule has 0 unspecified atom stereocenters. The van der Waals surface area contributed by atoms with Gasteiger partial charge in [-0.15, -0.1) is 0 Å². The van der Waals surface area contributed by atoms with Gasteiger partial charge in [-0.2, -0.15) is 17.6 Å². The van der Waals surface area contributed by atoms with Gasteiger partial charge in [0.25, 0.3) is 11.5 Å². The standard InChI is InChI=1S/C39H55N7O14S/c40-39-45-34-33(36(50)46-39)43-29(24-42-34)23-41-28-5-3-26(4-6-28)35(49)44-32(38(53)54)8-7-30(47)2-1-10-55-12-14-57-16-18-59-20-21-60-19-17-58-15-13-56-11-9-31(48)22-27(25-61)37(51)52/h3-6,24,27,32,41,61H,1-2,7-23,25H2,(H,44,49)(H,51,52)(H,53,54)(H3,40,42,45,46,50)/t27-,32-/m0/s1. The number of hydrogen-bond acceptors (Lipinski definition) is 18. The number of H-pyrrole nitrogens is 1. The van der Waals surface area contributed by atoms with E-state index in [1.54, 1.807) is 12.1 Å². The monoisotopic (exact) mass is 877 g/mol. The Labute approximate surface area is 357 Å². The van der Waals surface area contributed by atoms with Gasteiger partial charge in [0.2, 0.25) is 5.95 Å². The second-order valence-corrected chi connectivity index (χ2v) is 13.7. The number of nitrogens with two attached hydrogens (primary N) is 1. The lowest BCUT2D eigenvalue weighted by Gasteiger charge is -2.14. The lowest BCUT2D eigenvalue weighted by Crippen LogP contribution is -2.41. The summed E-state index contributed by atoms with van der Waals surface area (Å²) >= 11 is 3.95. The number of aromatic amines is 1. The maximum atomic E-state index is 12.8. The van der Waals surface area contributed by atoms with Gasteiger partial charge in [-0.05, 0) is 37.1 Å². The smallest absolute Gasteiger partial charge is 0.326 e. The maximum absolute atomic E-state index is 12.8. The number of rotatable bonds is 35. The van der Waals surface area contributed by atoms with Crippen LogP contribution in [-0.4, -0.2) is 151 Å². The predicted octanol–water partition coefficient (Wildman–Crippen LogP) is 1.30. The molecule has 2 aromatic heterocycles. The molecule has 0 fully saturated rings. The van der Waals surface area contributed by atoms with Crippen LogP contribution in [0.25, 0.3) is 11.2 Å². The van der Waals surface area contributed by atoms with Crippen molar-refractivity contribution in [2.24, 2.45) is 5.92 Å². The number of aliphatic carboxylic acids is 2. The average molecular weight is 878 g/mol. The van der Waals surface area contributed by atoms with Crippen LogP contribution in [0.4, 0.5) is 11.6 Å². The fourth-order valence-electron chi connectivity index (χ4n) is 5.28. The van der Waals surface area contributed by atoms with Gasteiger partial charge in [-0.25, -0.2) is 14.8 Å². The van der Waals surface area contributed by atoms with Crippen LogP contribution >= 0.6 is 12.6 Å². The number of nitrogens with zero attached hydrogens (tertiary/aromatic N) is 3. The highest BCUT2D eigenvalue weighted by Crippen LogP contribution is 2.13. The van der Waals surface area contributed by atoms with Crippen molar-refractivity contribution >= 4 is 64.8 Å². The third-order valence-electron chi connectivity index (χ3n) is 8.60. The molecule has 336 valence electrons. The quantitative estimate of drug-likeness (QED) is 0.0324. The van der Waals surface area contributed by atoms with Crippen LogP contribution < -0.4 is 21.9 Å². The molecule has 2 heterocycles. The molecule has 0 aliphatic carbocycles. The molecule has 61 heavy (non-hydrogen) atoms. The number of hydrogen-bond donors (Lipinski definition) is 7. The Kier molecular flexibility index (Phi) is 24.1. The number of carboxylic acids is 2. The molecule has 0 bridgehead atoms. The number of carbonyl (C=O) groups is 5. The van der Waals surface area contributed by atoms with E-state index in [0.29, 0.717) is 90.5 Å². The van der Waals surface area contributed by atoms with E-state index in [0.717, 1.165) is 0 Å². The highest BCUT2D eigenvalue weighted by Gasteiger charge is 2.22. The number of ether oxygens (including phenoxy) is 6. The SMILES string of the molecule is Nc1nc2ncc(CNc3ccc(C(=O)N[C@@H](CCC(=O)CCCOCCOCCOCCOCCOCCOCCC(=O)C[C@@H](CS)C(=O)O)C(=O)O)cc3)nc2c(=O)[nH]1. The number of thiol groups is 1. The summed E-state index contributed by atoms with van der Waals surface area (Å²) in [5.74, 6) is -3.93. The molecule has 1 aromatic carbocycles. The summed E-state index contributed by atoms with van der Waals surface area (Å²) in [7, 11) is 0. The summed E-state index contributed by atoms with van der Waals surface area (Å²) in [6, 6.07) is 5.06. The van der Waals surface area contributed by atoms with Crippen molar-refractivity contribution < 1.29 is 62.6 Å². The molecule has 3 aromatic rings. The Hall–Kier alpha value is -5.10. The van der Waals surface area contributed by atoms with Gasteiger partial charge in [0.1, 0.15) is 17.6 Å². The highest BCUT2D eigenvalue weighted by molar-refractivity contribution is 7.80. The summed E-state index contributed by atoms with van der Waals surface area (Å²) in [5, 5.41) is 24.2. The first-order valence-electron chi connectivity index (χ1n) is 19.7. The zero-order chi connectivity index (χ0) is 44.2. The molecular weight excluding hydrogens is 823 g/mol. The van der Waals surface area contributed by atoms with Crippen LogP contribution in [0.1, 0.15) is 54.6 Å². The molecule has 0 aliphatic heterocycles. The Bertz CT molecular complexity index is 1890. The molecule has 0 radical (unpaired) electrons. The minimum Gasteiger partial charge on any atom is -0.481 e. The molecule has 0 spiro atoms. The fraction of sp³-hybridized carbons (Fsp3) is 0.564. The molecule has 1 amide bonds. The van der Waals surface area contributed by atoms with Gasteiger partial charge in [0, 0.05) is 49.3 Å². The number of amides is 1. The molecule has 0 saturated carbocycles. The number of nitrogen functional groups attached to an aromatic ring is 1. The molecule has 7 N–H and O–H groups in total. The van der Waals surface area contributed by atoms with Gasteiger partial charge in [0.05, 0.1) is 97.0 Å². The summed E-state index contributed by atoms with van der Waals surface area (Å²) in [6.07, 6.45) is 2.14. The third kappa shape index (κ3) is 20.8. The van der Waals surface area contributed by atoms with Crippen LogP contribution in [0.5, 0.6) is 0 Å². The molecule has 3 rings (SSSR count). The van der Waals surface area contributed by atoms with Crippen LogP contribution in [-0.2, 0) is 54.1 Å². The number of aromatic nitrogens is 4. The van der Waals surface area contributed by atoms with E-state index in [4.69, 9.17) is 39.3 Å². The van der Waals surface area contributed by atoms with E-state index in [1.807, 2.05) is 0 Å². The van der Waals surface area contributed by atoms with Crippen LogP contribution in [0.15, 0.2) is 35.3 Å². The molecule has 22 heteroatoms. The van der Waals surface area contributed by atoms with E-state index in [9.17, 15) is 33.9 Å². The van der Waals surface area contributed by atoms with Gasteiger partial charge >= 0.3 is 11.9 Å². The number of nitrogens with one attached hydrogen (secondary N) is 3. The summed E-state index contributed by atoms with van der Waals surface area (Å²) < 4.78 is 32.6. The zero-order valence-corrected chi connectivity index (χ0v) is 34.7. The van der Waals surface area contributed by atoms with Crippen molar-refractivity contribution in [3.63, 3.8) is 0 Å². The van der Waals surface area contributed by atoms with Gasteiger partial charge in [-0.1, -0.05) is 0 Å². The van der Waals surface area contributed by atoms with E-state index < -0.39 is 35.4 Å². The number of anilines is 2. The van der Waals surface area contributed by atoms with Gasteiger partial charge in [-0.3, -0.25) is 29.0 Å². The number of fused-ring (bicyclic) bond motifs is 1. The van der Waals surface area contributed by atoms with Crippen molar-refractivity contribution in [1.29, 1.82) is 0 Å². The van der Waals surface area contributed by atoms with Crippen molar-refractivity contribution in [3.05, 3.63) is 52.1 Å². The highest BCUT2D eigenvalue weighted by atomic mass is 32.1. The number of carboxylic acid groups (broad SMARTS) is 2. The molecule has 0 aliphatic rings. The average Bonchev–Trinajstić information content (AvgIpc) is 3.23. The van der Waals surface area contributed by atoms with E-state index in [2.05, 4.69) is 43.2 Å². The minimum atomic E-state index is -1.25. The largest absolute Gasteiger partial charge is 0.481 e.